The molecule has 328 valence electrons. The van der Waals surface area contributed by atoms with Gasteiger partial charge in [0.15, 0.2) is 0 Å². The van der Waals surface area contributed by atoms with Crippen molar-refractivity contribution in [1.82, 2.24) is 4.57 Å². The van der Waals surface area contributed by atoms with Crippen molar-refractivity contribution in [3.05, 3.63) is 255 Å². The van der Waals surface area contributed by atoms with E-state index in [4.69, 9.17) is 8.83 Å². The normalized spacial score (nSPS) is 11.7. The molecule has 0 aliphatic rings. The fraction of sp³-hybridized carbons (Fsp3) is 0. The van der Waals surface area contributed by atoms with E-state index >= 15 is 0 Å². The van der Waals surface area contributed by atoms with Crippen LogP contribution in [0.15, 0.2) is 264 Å². The van der Waals surface area contributed by atoms with Crippen LogP contribution in [0.25, 0.3) is 116 Å². The van der Waals surface area contributed by atoms with Gasteiger partial charge in [-0.3, -0.25) is 0 Å². The Kier molecular flexibility index (Phi) is 9.17. The molecular weight excluding hydrogens is 853 g/mol. The lowest BCUT2D eigenvalue weighted by Crippen LogP contribution is -2.09. The van der Waals surface area contributed by atoms with E-state index in [1.54, 1.807) is 0 Å². The zero-order valence-electron chi connectivity index (χ0n) is 38.0. The minimum Gasteiger partial charge on any atom is -0.456 e. The zero-order valence-corrected chi connectivity index (χ0v) is 38.0. The fourth-order valence-electron chi connectivity index (χ4n) is 10.7. The molecule has 0 aliphatic carbocycles. The number of rotatable bonds is 8. The number of benzene rings is 11. The first-order valence-corrected chi connectivity index (χ1v) is 23.8. The summed E-state index contributed by atoms with van der Waals surface area (Å²) in [6.07, 6.45) is 0. The Hall–Kier alpha value is -9.38. The molecule has 0 N–H and O–H groups in total. The molecule has 11 aromatic carbocycles. The lowest BCUT2D eigenvalue weighted by Gasteiger charge is -2.26. The highest BCUT2D eigenvalue weighted by molar-refractivity contribution is 6.13. The van der Waals surface area contributed by atoms with E-state index in [0.29, 0.717) is 0 Å². The van der Waals surface area contributed by atoms with Crippen molar-refractivity contribution in [2.45, 2.75) is 0 Å². The first kappa shape index (κ1) is 39.8. The molecule has 0 amide bonds. The van der Waals surface area contributed by atoms with Crippen molar-refractivity contribution in [2.75, 3.05) is 4.90 Å². The minimum absolute atomic E-state index is 0.882. The van der Waals surface area contributed by atoms with Gasteiger partial charge in [-0.2, -0.15) is 0 Å². The molecule has 4 heteroatoms. The van der Waals surface area contributed by atoms with Crippen molar-refractivity contribution < 1.29 is 8.83 Å². The van der Waals surface area contributed by atoms with Gasteiger partial charge in [-0.05, 0) is 124 Å². The van der Waals surface area contributed by atoms with Crippen molar-refractivity contribution in [2.24, 2.45) is 0 Å². The second-order valence-corrected chi connectivity index (χ2v) is 18.0. The average molecular weight is 895 g/mol. The van der Waals surface area contributed by atoms with E-state index in [-0.39, 0.29) is 0 Å². The lowest BCUT2D eigenvalue weighted by atomic mass is 9.98. The van der Waals surface area contributed by atoms with Gasteiger partial charge >= 0.3 is 0 Å². The monoisotopic (exact) mass is 894 g/mol. The number of nitrogens with zero attached hydrogens (tertiary/aromatic N) is 2. The molecule has 3 aromatic heterocycles. The maximum Gasteiger partial charge on any atom is 0.143 e. The van der Waals surface area contributed by atoms with Gasteiger partial charge in [-0.15, -0.1) is 0 Å². The second-order valence-electron chi connectivity index (χ2n) is 18.0. The maximum atomic E-state index is 6.53. The summed E-state index contributed by atoms with van der Waals surface area (Å²) < 4.78 is 15.2. The zero-order chi connectivity index (χ0) is 46.1. The summed E-state index contributed by atoms with van der Waals surface area (Å²) in [6.45, 7) is 0. The first-order valence-electron chi connectivity index (χ1n) is 23.8. The number of para-hydroxylation sites is 4. The Morgan fingerprint density at radius 3 is 1.47 bits per heavy atom. The molecule has 0 radical (unpaired) electrons. The highest BCUT2D eigenvalue weighted by Crippen LogP contribution is 2.42. The van der Waals surface area contributed by atoms with E-state index in [2.05, 4.69) is 246 Å². The van der Waals surface area contributed by atoms with Gasteiger partial charge < -0.3 is 18.3 Å². The van der Waals surface area contributed by atoms with E-state index in [1.165, 1.54) is 21.8 Å². The fourth-order valence-corrected chi connectivity index (χ4v) is 10.7. The molecule has 0 unspecified atom stereocenters. The third-order valence-electron chi connectivity index (χ3n) is 14.0. The van der Waals surface area contributed by atoms with Gasteiger partial charge in [0.05, 0.1) is 11.0 Å². The molecular formula is C66H42N2O2. The Morgan fingerprint density at radius 2 is 0.771 bits per heavy atom. The Labute approximate surface area is 404 Å². The van der Waals surface area contributed by atoms with Crippen molar-refractivity contribution >= 4 is 82.7 Å². The molecule has 0 saturated heterocycles. The quantitative estimate of drug-likeness (QED) is 0.152. The molecule has 0 saturated carbocycles. The summed E-state index contributed by atoms with van der Waals surface area (Å²) in [4.78, 5) is 2.34. The van der Waals surface area contributed by atoms with E-state index < -0.39 is 0 Å². The average Bonchev–Trinajstić information content (AvgIpc) is 4.12. The molecule has 4 nitrogen and oxygen atoms in total. The Bertz CT molecular complexity index is 4220. The number of fused-ring (bicyclic) bond motifs is 9. The van der Waals surface area contributed by atoms with E-state index in [1.807, 2.05) is 18.2 Å². The molecule has 0 fully saturated rings. The Balaban J connectivity index is 0.842. The Morgan fingerprint density at radius 1 is 0.286 bits per heavy atom. The predicted molar refractivity (Wildman–Crippen MR) is 292 cm³/mol. The van der Waals surface area contributed by atoms with Crippen molar-refractivity contribution in [3.63, 3.8) is 0 Å². The SMILES string of the molecule is c1ccc(-c2cccc3c2oc2ccc(-c4ccc(N(c5ccc(-c6cccc(-n7c8ccccc8c8ccccc87)c6)cc5)c5ccc(-c6cccc7oc8ccccc8c67)cc5)cc4)cc23)cc1. The van der Waals surface area contributed by atoms with Crippen LogP contribution in [-0.2, 0) is 0 Å². The largest absolute Gasteiger partial charge is 0.456 e. The van der Waals surface area contributed by atoms with Gasteiger partial charge in [-0.1, -0.05) is 170 Å². The van der Waals surface area contributed by atoms with E-state index in [9.17, 15) is 0 Å². The summed E-state index contributed by atoms with van der Waals surface area (Å²) in [7, 11) is 0. The summed E-state index contributed by atoms with van der Waals surface area (Å²) in [5, 5.41) is 6.99. The highest BCUT2D eigenvalue weighted by atomic mass is 16.3. The van der Waals surface area contributed by atoms with Crippen molar-refractivity contribution in [3.8, 4) is 50.2 Å². The van der Waals surface area contributed by atoms with Crippen LogP contribution < -0.4 is 4.90 Å². The number of aromatic nitrogens is 1. The van der Waals surface area contributed by atoms with Crippen LogP contribution in [0.1, 0.15) is 0 Å². The number of anilines is 3. The topological polar surface area (TPSA) is 34.5 Å². The minimum atomic E-state index is 0.882. The summed E-state index contributed by atoms with van der Waals surface area (Å²) >= 11 is 0. The number of furan rings is 2. The van der Waals surface area contributed by atoms with Gasteiger partial charge in [0.2, 0.25) is 0 Å². The van der Waals surface area contributed by atoms with Crippen LogP contribution in [-0.4, -0.2) is 4.57 Å². The van der Waals surface area contributed by atoms with Gasteiger partial charge in [0.25, 0.3) is 0 Å². The highest BCUT2D eigenvalue weighted by Gasteiger charge is 2.18. The first-order chi connectivity index (χ1) is 34.7. The van der Waals surface area contributed by atoms with E-state index in [0.717, 1.165) is 111 Å². The number of hydrogen-bond donors (Lipinski definition) is 0. The molecule has 70 heavy (non-hydrogen) atoms. The summed E-state index contributed by atoms with van der Waals surface area (Å²) in [5.74, 6) is 0. The molecule has 0 atom stereocenters. The van der Waals surface area contributed by atoms with Crippen LogP contribution in [0.4, 0.5) is 17.1 Å². The smallest absolute Gasteiger partial charge is 0.143 e. The van der Waals surface area contributed by atoms with Gasteiger partial charge in [0, 0.05) is 60.6 Å². The molecule has 0 spiro atoms. The van der Waals surface area contributed by atoms with Gasteiger partial charge in [-0.25, -0.2) is 0 Å². The molecule has 14 aromatic rings. The van der Waals surface area contributed by atoms with Crippen LogP contribution in [0.5, 0.6) is 0 Å². The summed E-state index contributed by atoms with van der Waals surface area (Å²) in [5.41, 5.74) is 19.4. The standard InChI is InChI=1S/C66H42N2O2/c1-2-13-45(14-3-1)54-21-11-22-57-59-42-48(33-40-63(59)70-66(54)57)44-29-36-50(37-30-44)67(51-38-31-46(32-39-51)53-20-12-26-64-65(53)58-19-6-9-25-62(58)69-64)49-34-27-43(28-35-49)47-15-10-16-52(41-47)68-60-23-7-4-17-55(60)56-18-5-8-24-61(56)68/h1-42H. The van der Waals surface area contributed by atoms with Crippen LogP contribution in [0, 0.1) is 0 Å². The third-order valence-corrected chi connectivity index (χ3v) is 14.0. The number of hydrogen-bond acceptors (Lipinski definition) is 3. The summed E-state index contributed by atoms with van der Waals surface area (Å²) in [6, 6.07) is 91.1. The molecule has 0 aliphatic heterocycles. The second kappa shape index (κ2) is 16.2. The van der Waals surface area contributed by atoms with Crippen molar-refractivity contribution in [1.29, 1.82) is 0 Å². The van der Waals surface area contributed by atoms with Crippen LogP contribution >= 0.6 is 0 Å². The molecule has 0 bridgehead atoms. The molecule has 14 rings (SSSR count). The maximum absolute atomic E-state index is 6.53. The molecule has 3 heterocycles. The van der Waals surface area contributed by atoms with Crippen LogP contribution in [0.2, 0.25) is 0 Å². The predicted octanol–water partition coefficient (Wildman–Crippen LogP) is 18.7. The van der Waals surface area contributed by atoms with Crippen LogP contribution in [0.3, 0.4) is 0 Å². The third kappa shape index (κ3) is 6.53. The van der Waals surface area contributed by atoms with Gasteiger partial charge in [0.1, 0.15) is 22.3 Å². The lowest BCUT2D eigenvalue weighted by molar-refractivity contribution is 0.669.